The monoisotopic (exact) mass is 434 g/mol. The van der Waals surface area contributed by atoms with Crippen molar-refractivity contribution in [3.05, 3.63) is 56.6 Å². The third kappa shape index (κ3) is 4.52. The number of Topliss-reactive ketones (excluding diaryl/α,β-unsaturated/α-hetero) is 1. The van der Waals surface area contributed by atoms with E-state index in [9.17, 15) is 15.0 Å². The van der Waals surface area contributed by atoms with Crippen LogP contribution in [0.4, 0.5) is 0 Å². The minimum Gasteiger partial charge on any atom is -0.504 e. The molecular weight excluding hydrogens is 415 g/mol. The SMILES string of the molecule is COc1cc(/C=C2/CCC/C(=C\c3cc(O)c(OC)c(Cl)c3)C2=O)cc(Cl)c1O. The summed E-state index contributed by atoms with van der Waals surface area (Å²) in [5, 5.41) is 20.3. The van der Waals surface area contributed by atoms with Crippen molar-refractivity contribution in [1.82, 2.24) is 0 Å². The highest BCUT2D eigenvalue weighted by atomic mass is 35.5. The summed E-state index contributed by atoms with van der Waals surface area (Å²) in [6, 6.07) is 6.36. The molecule has 5 nitrogen and oxygen atoms in total. The number of hydrogen-bond donors (Lipinski definition) is 2. The van der Waals surface area contributed by atoms with Gasteiger partial charge in [-0.25, -0.2) is 0 Å². The van der Waals surface area contributed by atoms with Crippen molar-refractivity contribution in [2.45, 2.75) is 19.3 Å². The molecule has 0 atom stereocenters. The van der Waals surface area contributed by atoms with E-state index in [-0.39, 0.29) is 38.8 Å². The van der Waals surface area contributed by atoms with E-state index in [4.69, 9.17) is 32.7 Å². The van der Waals surface area contributed by atoms with Gasteiger partial charge in [-0.1, -0.05) is 23.2 Å². The molecule has 2 aromatic carbocycles. The summed E-state index contributed by atoms with van der Waals surface area (Å²) in [6.45, 7) is 0. The predicted molar refractivity (Wildman–Crippen MR) is 114 cm³/mol. The number of methoxy groups -OCH3 is 2. The van der Waals surface area contributed by atoms with Crippen molar-refractivity contribution in [3.63, 3.8) is 0 Å². The number of phenolic OH excluding ortho intramolecular Hbond substituents is 2. The number of ether oxygens (including phenoxy) is 2. The van der Waals surface area contributed by atoms with E-state index in [1.807, 2.05) is 0 Å². The number of hydrogen-bond acceptors (Lipinski definition) is 5. The fraction of sp³-hybridized carbons (Fsp3) is 0.227. The fourth-order valence-electron chi connectivity index (χ4n) is 3.30. The van der Waals surface area contributed by atoms with Gasteiger partial charge >= 0.3 is 0 Å². The second kappa shape index (κ2) is 8.80. The van der Waals surface area contributed by atoms with Gasteiger partial charge in [0.25, 0.3) is 0 Å². The lowest BCUT2D eigenvalue weighted by molar-refractivity contribution is -0.112. The van der Waals surface area contributed by atoms with E-state index in [1.165, 1.54) is 20.3 Å². The first-order valence-corrected chi connectivity index (χ1v) is 9.68. The highest BCUT2D eigenvalue weighted by Crippen LogP contribution is 2.38. The number of ketones is 1. The molecule has 0 heterocycles. The van der Waals surface area contributed by atoms with Crippen molar-refractivity contribution in [2.75, 3.05) is 14.2 Å². The molecule has 1 fully saturated rings. The van der Waals surface area contributed by atoms with Gasteiger partial charge < -0.3 is 19.7 Å². The molecule has 0 bridgehead atoms. The summed E-state index contributed by atoms with van der Waals surface area (Å²) >= 11 is 12.2. The number of halogens is 2. The van der Waals surface area contributed by atoms with Crippen LogP contribution in [0.1, 0.15) is 30.4 Å². The van der Waals surface area contributed by atoms with Crippen LogP contribution in [0.5, 0.6) is 23.0 Å². The maximum atomic E-state index is 13.0. The molecule has 1 aliphatic carbocycles. The van der Waals surface area contributed by atoms with Gasteiger partial charge in [0.2, 0.25) is 0 Å². The second-order valence-corrected chi connectivity index (χ2v) is 7.44. The number of carbonyl (C=O) groups excluding carboxylic acids is 1. The smallest absolute Gasteiger partial charge is 0.185 e. The van der Waals surface area contributed by atoms with Crippen molar-refractivity contribution < 1.29 is 24.5 Å². The van der Waals surface area contributed by atoms with E-state index in [1.54, 1.807) is 30.4 Å². The van der Waals surface area contributed by atoms with Crippen LogP contribution >= 0.6 is 23.2 Å². The Morgan fingerprint density at radius 1 is 0.897 bits per heavy atom. The highest BCUT2D eigenvalue weighted by molar-refractivity contribution is 6.32. The third-order valence-corrected chi connectivity index (χ3v) is 5.25. The predicted octanol–water partition coefficient (Wildman–Crippen LogP) is 5.64. The molecule has 0 aliphatic heterocycles. The standard InChI is InChI=1S/C22H20Cl2O5/c1-28-19-11-13(8-16(23)21(19)27)7-15-5-3-4-14(20(15)26)6-12-9-17(24)22(29-2)18(25)10-12/h6-11,25,27H,3-5H2,1-2H3/b14-6+,15-7-. The van der Waals surface area contributed by atoms with Gasteiger partial charge in [0.05, 0.1) is 24.3 Å². The number of aromatic hydroxyl groups is 2. The van der Waals surface area contributed by atoms with Gasteiger partial charge in [0.15, 0.2) is 28.8 Å². The maximum Gasteiger partial charge on any atom is 0.185 e. The van der Waals surface area contributed by atoms with E-state index >= 15 is 0 Å². The zero-order chi connectivity index (χ0) is 21.1. The minimum absolute atomic E-state index is 0.0779. The summed E-state index contributed by atoms with van der Waals surface area (Å²) in [6.07, 6.45) is 5.54. The lowest BCUT2D eigenvalue weighted by Gasteiger charge is -2.17. The van der Waals surface area contributed by atoms with E-state index in [0.717, 1.165) is 6.42 Å². The Bertz CT molecular complexity index is 1000. The van der Waals surface area contributed by atoms with Crippen molar-refractivity contribution >= 4 is 41.1 Å². The maximum absolute atomic E-state index is 13.0. The Hall–Kier alpha value is -2.63. The lowest BCUT2D eigenvalue weighted by Crippen LogP contribution is -2.12. The summed E-state index contributed by atoms with van der Waals surface area (Å²) in [5.74, 6) is 0.139. The number of benzene rings is 2. The lowest BCUT2D eigenvalue weighted by atomic mass is 9.87. The zero-order valence-electron chi connectivity index (χ0n) is 16.0. The van der Waals surface area contributed by atoms with Gasteiger partial charge in [-0.05, 0) is 66.8 Å². The Morgan fingerprint density at radius 2 is 1.48 bits per heavy atom. The Balaban J connectivity index is 1.94. The van der Waals surface area contributed by atoms with E-state index in [0.29, 0.717) is 35.1 Å². The molecule has 1 saturated carbocycles. The average Bonchev–Trinajstić information content (AvgIpc) is 2.67. The summed E-state index contributed by atoms with van der Waals surface area (Å²) < 4.78 is 10.2. The molecule has 0 unspecified atom stereocenters. The molecule has 7 heteroatoms. The van der Waals surface area contributed by atoms with Crippen LogP contribution in [0.25, 0.3) is 12.2 Å². The molecule has 0 radical (unpaired) electrons. The number of carbonyl (C=O) groups is 1. The van der Waals surface area contributed by atoms with Crippen LogP contribution in [0.15, 0.2) is 35.4 Å². The van der Waals surface area contributed by atoms with Gasteiger partial charge in [0, 0.05) is 11.1 Å². The number of rotatable bonds is 4. The van der Waals surface area contributed by atoms with Crippen LogP contribution < -0.4 is 9.47 Å². The molecule has 0 aromatic heterocycles. The normalized spacial score (nSPS) is 17.0. The third-order valence-electron chi connectivity index (χ3n) is 4.68. The summed E-state index contributed by atoms with van der Waals surface area (Å²) in [4.78, 5) is 13.0. The first kappa shape index (κ1) is 21.1. The summed E-state index contributed by atoms with van der Waals surface area (Å²) in [7, 11) is 2.86. The molecular formula is C22H20Cl2O5. The van der Waals surface area contributed by atoms with Crippen LogP contribution in [0.2, 0.25) is 10.0 Å². The van der Waals surface area contributed by atoms with E-state index in [2.05, 4.69) is 0 Å². The quantitative estimate of drug-likeness (QED) is 0.608. The average molecular weight is 435 g/mol. The first-order valence-electron chi connectivity index (χ1n) is 8.93. The van der Waals surface area contributed by atoms with Crippen LogP contribution in [0, 0.1) is 0 Å². The largest absolute Gasteiger partial charge is 0.504 e. The minimum atomic E-state index is -0.136. The van der Waals surface area contributed by atoms with Crippen molar-refractivity contribution in [3.8, 4) is 23.0 Å². The highest BCUT2D eigenvalue weighted by Gasteiger charge is 2.21. The molecule has 2 N–H and O–H groups in total. The van der Waals surface area contributed by atoms with Crippen LogP contribution in [0.3, 0.4) is 0 Å². The molecule has 0 spiro atoms. The molecule has 3 rings (SSSR count). The van der Waals surface area contributed by atoms with Crippen LogP contribution in [-0.4, -0.2) is 30.2 Å². The first-order chi connectivity index (χ1) is 13.8. The zero-order valence-corrected chi connectivity index (χ0v) is 17.5. The van der Waals surface area contributed by atoms with Gasteiger partial charge in [-0.3, -0.25) is 4.79 Å². The van der Waals surface area contributed by atoms with E-state index < -0.39 is 0 Å². The van der Waals surface area contributed by atoms with Gasteiger partial charge in [-0.15, -0.1) is 0 Å². The van der Waals surface area contributed by atoms with Gasteiger partial charge in [-0.2, -0.15) is 0 Å². The van der Waals surface area contributed by atoms with Crippen molar-refractivity contribution in [1.29, 1.82) is 0 Å². The molecule has 0 saturated heterocycles. The molecule has 152 valence electrons. The Kier molecular flexibility index (Phi) is 6.40. The summed E-state index contributed by atoms with van der Waals surface area (Å²) in [5.41, 5.74) is 2.54. The van der Waals surface area contributed by atoms with Crippen LogP contribution in [-0.2, 0) is 4.79 Å². The van der Waals surface area contributed by atoms with Crippen molar-refractivity contribution in [2.24, 2.45) is 0 Å². The topological polar surface area (TPSA) is 76.0 Å². The number of allylic oxidation sites excluding steroid dienone is 2. The molecule has 1 aliphatic rings. The molecule has 29 heavy (non-hydrogen) atoms. The Morgan fingerprint density at radius 3 is 2.03 bits per heavy atom. The second-order valence-electron chi connectivity index (χ2n) is 6.63. The van der Waals surface area contributed by atoms with Gasteiger partial charge in [0.1, 0.15) is 0 Å². The number of phenols is 2. The molecule has 2 aromatic rings. The Labute approximate surface area is 178 Å². The fourth-order valence-corrected chi connectivity index (χ4v) is 3.82. The molecule has 0 amide bonds.